The summed E-state index contributed by atoms with van der Waals surface area (Å²) < 4.78 is 25.4. The predicted octanol–water partition coefficient (Wildman–Crippen LogP) is 1.90. The molecule has 0 radical (unpaired) electrons. The highest BCUT2D eigenvalue weighted by Crippen LogP contribution is 2.25. The molecule has 0 N–H and O–H groups in total. The summed E-state index contributed by atoms with van der Waals surface area (Å²) in [6, 6.07) is 3.53. The number of hydrogen-bond acceptors (Lipinski definition) is 4. The van der Waals surface area contributed by atoms with Gasteiger partial charge in [0.05, 0.1) is 9.82 Å². The summed E-state index contributed by atoms with van der Waals surface area (Å²) in [7, 11) is -4.19. The molecule has 1 aromatic rings. The fourth-order valence-corrected chi connectivity index (χ4v) is 2.10. The van der Waals surface area contributed by atoms with E-state index in [9.17, 15) is 18.5 Å². The van der Waals surface area contributed by atoms with E-state index < -0.39 is 14.9 Å². The van der Waals surface area contributed by atoms with Gasteiger partial charge in [-0.05, 0) is 18.5 Å². The second kappa shape index (κ2) is 4.17. The topological polar surface area (TPSA) is 126 Å². The highest BCUT2D eigenvalue weighted by molar-refractivity contribution is 7.90. The number of nitro benzene ring substituents is 1. The molecule has 0 aliphatic rings. The van der Waals surface area contributed by atoms with Gasteiger partial charge in [-0.1, -0.05) is 6.07 Å². The summed E-state index contributed by atoms with van der Waals surface area (Å²) in [5.74, 6) is 0. The molecule has 16 heavy (non-hydrogen) atoms. The molecule has 8 nitrogen and oxygen atoms in total. The van der Waals surface area contributed by atoms with Crippen LogP contribution in [0.15, 0.2) is 27.6 Å². The fourth-order valence-electron chi connectivity index (χ4n) is 1.17. The van der Waals surface area contributed by atoms with Crippen LogP contribution in [0.2, 0.25) is 0 Å². The van der Waals surface area contributed by atoms with Crippen molar-refractivity contribution in [2.75, 3.05) is 0 Å². The molecular formula is C7H6N4O4S. The van der Waals surface area contributed by atoms with Gasteiger partial charge in [0, 0.05) is 21.1 Å². The summed E-state index contributed by atoms with van der Waals surface area (Å²) >= 11 is 0. The molecule has 0 bridgehead atoms. The van der Waals surface area contributed by atoms with Gasteiger partial charge in [0.2, 0.25) is 0 Å². The molecule has 0 aliphatic carbocycles. The standard InChI is InChI=1S/C7H6N4O4S/c1-5-6(11(12)13)3-2-4-7(5)16(14,15)10-9-8/h2-4H,1H3. The van der Waals surface area contributed by atoms with E-state index in [1.165, 1.54) is 19.1 Å². The monoisotopic (exact) mass is 242 g/mol. The van der Waals surface area contributed by atoms with Crippen LogP contribution >= 0.6 is 0 Å². The molecule has 9 heteroatoms. The lowest BCUT2D eigenvalue weighted by atomic mass is 10.2. The van der Waals surface area contributed by atoms with Crippen LogP contribution in [0.5, 0.6) is 0 Å². The first-order valence-corrected chi connectivity index (χ1v) is 5.39. The van der Waals surface area contributed by atoms with Gasteiger partial charge in [-0.2, -0.15) is 0 Å². The average Bonchev–Trinajstić information content (AvgIpc) is 2.17. The number of benzene rings is 1. The van der Waals surface area contributed by atoms with Crippen molar-refractivity contribution in [1.29, 1.82) is 0 Å². The van der Waals surface area contributed by atoms with Gasteiger partial charge < -0.3 is 0 Å². The molecule has 1 rings (SSSR count). The van der Waals surface area contributed by atoms with E-state index in [4.69, 9.17) is 5.53 Å². The van der Waals surface area contributed by atoms with Gasteiger partial charge in [-0.15, -0.1) is 0 Å². The minimum atomic E-state index is -4.19. The molecule has 0 heterocycles. The van der Waals surface area contributed by atoms with Gasteiger partial charge in [0.15, 0.2) is 0 Å². The van der Waals surface area contributed by atoms with E-state index >= 15 is 0 Å². The van der Waals surface area contributed by atoms with E-state index in [1.54, 1.807) is 0 Å². The average molecular weight is 242 g/mol. The lowest BCUT2D eigenvalue weighted by molar-refractivity contribution is -0.385. The van der Waals surface area contributed by atoms with Gasteiger partial charge in [0.25, 0.3) is 15.7 Å². The fraction of sp³-hybridized carbons (Fsp3) is 0.143. The van der Waals surface area contributed by atoms with Gasteiger partial charge >= 0.3 is 0 Å². The van der Waals surface area contributed by atoms with Crippen LogP contribution in [0.25, 0.3) is 10.4 Å². The van der Waals surface area contributed by atoms with Crippen LogP contribution in [0.1, 0.15) is 5.56 Å². The van der Waals surface area contributed by atoms with E-state index in [1.807, 2.05) is 0 Å². The first kappa shape index (κ1) is 12.0. The molecule has 0 saturated carbocycles. The molecule has 0 saturated heterocycles. The Morgan fingerprint density at radius 2 is 2.12 bits per heavy atom. The van der Waals surface area contributed by atoms with E-state index in [0.29, 0.717) is 0 Å². The van der Waals surface area contributed by atoms with Crippen LogP contribution in [-0.4, -0.2) is 13.3 Å². The van der Waals surface area contributed by atoms with Crippen LogP contribution < -0.4 is 0 Å². The third kappa shape index (κ3) is 2.10. The molecule has 0 amide bonds. The molecular weight excluding hydrogens is 236 g/mol. The largest absolute Gasteiger partial charge is 0.273 e. The quantitative estimate of drug-likeness (QED) is 0.263. The molecule has 0 aromatic heterocycles. The zero-order chi connectivity index (χ0) is 12.3. The third-order valence-electron chi connectivity index (χ3n) is 1.87. The Hall–Kier alpha value is -2.12. The number of nitro groups is 1. The minimum absolute atomic E-state index is 0.0556. The van der Waals surface area contributed by atoms with Crippen LogP contribution in [0, 0.1) is 17.0 Å². The van der Waals surface area contributed by atoms with Gasteiger partial charge in [-0.25, -0.2) is 8.42 Å². The van der Waals surface area contributed by atoms with Crippen LogP contribution in [0.3, 0.4) is 0 Å². The van der Waals surface area contributed by atoms with E-state index in [0.717, 1.165) is 6.07 Å². The molecule has 0 atom stereocenters. The van der Waals surface area contributed by atoms with Crippen molar-refractivity contribution in [1.82, 2.24) is 0 Å². The molecule has 0 spiro atoms. The number of rotatable bonds is 3. The lowest BCUT2D eigenvalue weighted by Gasteiger charge is -2.02. The predicted molar refractivity (Wildman–Crippen MR) is 54.2 cm³/mol. The number of azide groups is 1. The summed E-state index contributed by atoms with van der Waals surface area (Å²) in [6.45, 7) is 1.28. The molecule has 0 unspecified atom stereocenters. The highest BCUT2D eigenvalue weighted by Gasteiger charge is 2.21. The Morgan fingerprint density at radius 3 is 2.62 bits per heavy atom. The summed E-state index contributed by atoms with van der Waals surface area (Å²) in [5, 5.41) is 10.6. The number of sulfonamides is 1. The first-order valence-electron chi connectivity index (χ1n) is 3.95. The van der Waals surface area contributed by atoms with Crippen LogP contribution in [-0.2, 0) is 10.0 Å². The SMILES string of the molecule is Cc1c([N+](=O)[O-])cccc1S(=O)(=O)N=[N+]=[N-]. The Bertz CT molecular complexity index is 588. The number of nitrogens with zero attached hydrogens (tertiary/aromatic N) is 4. The Morgan fingerprint density at radius 1 is 1.50 bits per heavy atom. The highest BCUT2D eigenvalue weighted by atomic mass is 32.2. The van der Waals surface area contributed by atoms with Gasteiger partial charge in [-0.3, -0.25) is 10.1 Å². The lowest BCUT2D eigenvalue weighted by Crippen LogP contribution is -2.01. The first-order chi connectivity index (χ1) is 7.40. The molecule has 0 fully saturated rings. The number of hydrogen-bond donors (Lipinski definition) is 0. The van der Waals surface area contributed by atoms with Crippen molar-refractivity contribution in [3.05, 3.63) is 44.3 Å². The second-order valence-electron chi connectivity index (χ2n) is 2.80. The molecule has 1 aromatic carbocycles. The van der Waals surface area contributed by atoms with Crippen LogP contribution in [0.4, 0.5) is 5.69 Å². The Kier molecular flexibility index (Phi) is 3.11. The van der Waals surface area contributed by atoms with Gasteiger partial charge in [0.1, 0.15) is 0 Å². The van der Waals surface area contributed by atoms with Crippen molar-refractivity contribution in [3.8, 4) is 0 Å². The Balaban J connectivity index is 3.55. The van der Waals surface area contributed by atoms with Crippen molar-refractivity contribution in [3.63, 3.8) is 0 Å². The molecule has 84 valence electrons. The van der Waals surface area contributed by atoms with E-state index in [-0.39, 0.29) is 16.1 Å². The van der Waals surface area contributed by atoms with Crippen molar-refractivity contribution < 1.29 is 13.3 Å². The second-order valence-corrected chi connectivity index (χ2v) is 4.36. The summed E-state index contributed by atoms with van der Waals surface area (Å²) in [5.41, 5.74) is 7.68. The minimum Gasteiger partial charge on any atom is -0.258 e. The zero-order valence-corrected chi connectivity index (χ0v) is 8.88. The summed E-state index contributed by atoms with van der Waals surface area (Å²) in [6.07, 6.45) is 0. The molecule has 0 aliphatic heterocycles. The smallest absolute Gasteiger partial charge is 0.258 e. The summed E-state index contributed by atoms with van der Waals surface area (Å²) in [4.78, 5) is 11.7. The maximum absolute atomic E-state index is 11.4. The van der Waals surface area contributed by atoms with Crippen molar-refractivity contribution in [2.45, 2.75) is 11.8 Å². The van der Waals surface area contributed by atoms with Crippen molar-refractivity contribution >= 4 is 15.7 Å². The maximum Gasteiger partial charge on any atom is 0.273 e. The maximum atomic E-state index is 11.4. The van der Waals surface area contributed by atoms with E-state index in [2.05, 4.69) is 9.43 Å². The van der Waals surface area contributed by atoms with Crippen molar-refractivity contribution in [2.24, 2.45) is 4.52 Å². The normalized spacial score (nSPS) is 10.6. The Labute approximate surface area is 90.3 Å². The third-order valence-corrected chi connectivity index (χ3v) is 3.16. The zero-order valence-electron chi connectivity index (χ0n) is 8.06.